The molecule has 3 nitrogen and oxygen atoms in total. The number of benzene rings is 1. The Labute approximate surface area is 89.1 Å². The first kappa shape index (κ1) is 10.2. The number of aryl methyl sites for hydroxylation is 1. The van der Waals surface area contributed by atoms with Gasteiger partial charge in [0.05, 0.1) is 0 Å². The van der Waals surface area contributed by atoms with Crippen LogP contribution in [0.3, 0.4) is 0 Å². The molecule has 1 aliphatic rings. The van der Waals surface area contributed by atoms with Gasteiger partial charge >= 0.3 is 0 Å². The van der Waals surface area contributed by atoms with E-state index in [9.17, 15) is 9.90 Å². The molecule has 2 rings (SSSR count). The van der Waals surface area contributed by atoms with E-state index < -0.39 is 6.23 Å². The zero-order chi connectivity index (χ0) is 10.8. The van der Waals surface area contributed by atoms with Crippen molar-refractivity contribution in [2.75, 3.05) is 0 Å². The van der Waals surface area contributed by atoms with Crippen LogP contribution in [0.2, 0.25) is 0 Å². The summed E-state index contributed by atoms with van der Waals surface area (Å²) in [5, 5.41) is 12.4. The van der Waals surface area contributed by atoms with Crippen molar-refractivity contribution in [3.8, 4) is 0 Å². The Hall–Kier alpha value is -1.35. The molecule has 0 saturated carbocycles. The van der Waals surface area contributed by atoms with Crippen LogP contribution in [0.4, 0.5) is 0 Å². The van der Waals surface area contributed by atoms with Gasteiger partial charge in [0.2, 0.25) is 5.91 Å². The van der Waals surface area contributed by atoms with Gasteiger partial charge in [-0.15, -0.1) is 0 Å². The summed E-state index contributed by atoms with van der Waals surface area (Å²) in [6.45, 7) is 2.03. The van der Waals surface area contributed by atoms with Gasteiger partial charge in [0.15, 0.2) is 0 Å². The van der Waals surface area contributed by atoms with E-state index >= 15 is 0 Å². The smallest absolute Gasteiger partial charge is 0.222 e. The molecule has 1 saturated heterocycles. The summed E-state index contributed by atoms with van der Waals surface area (Å²) in [5.41, 5.74) is 2.29. The minimum Gasteiger partial charge on any atom is -0.373 e. The fraction of sp³-hybridized carbons (Fsp3) is 0.417. The number of hydrogen-bond acceptors (Lipinski definition) is 2. The summed E-state index contributed by atoms with van der Waals surface area (Å²) < 4.78 is 0. The molecule has 1 aliphatic heterocycles. The van der Waals surface area contributed by atoms with Gasteiger partial charge in [-0.25, -0.2) is 0 Å². The van der Waals surface area contributed by atoms with Crippen LogP contribution in [-0.2, 0) is 4.79 Å². The Balaban J connectivity index is 2.24. The topological polar surface area (TPSA) is 49.3 Å². The summed E-state index contributed by atoms with van der Waals surface area (Å²) >= 11 is 0. The predicted molar refractivity (Wildman–Crippen MR) is 57.3 cm³/mol. The summed E-state index contributed by atoms with van der Waals surface area (Å²) in [6, 6.07) is 7.98. The Kier molecular flexibility index (Phi) is 2.73. The highest BCUT2D eigenvalue weighted by Gasteiger charge is 2.28. The molecule has 1 fully saturated rings. The maximum Gasteiger partial charge on any atom is 0.222 e. The van der Waals surface area contributed by atoms with Gasteiger partial charge in [0, 0.05) is 12.3 Å². The number of nitrogens with one attached hydrogen (secondary N) is 1. The van der Waals surface area contributed by atoms with Crippen LogP contribution in [0, 0.1) is 6.92 Å². The van der Waals surface area contributed by atoms with E-state index in [0.29, 0.717) is 6.42 Å². The number of piperidine rings is 1. The number of amides is 1. The van der Waals surface area contributed by atoms with Crippen LogP contribution in [-0.4, -0.2) is 17.2 Å². The van der Waals surface area contributed by atoms with Gasteiger partial charge in [-0.3, -0.25) is 4.79 Å². The third-order valence-electron chi connectivity index (χ3n) is 2.96. The normalized spacial score (nSPS) is 26.1. The quantitative estimate of drug-likeness (QED) is 0.726. The number of hydrogen-bond donors (Lipinski definition) is 2. The van der Waals surface area contributed by atoms with Gasteiger partial charge in [-0.05, 0) is 24.5 Å². The van der Waals surface area contributed by atoms with Crippen LogP contribution >= 0.6 is 0 Å². The largest absolute Gasteiger partial charge is 0.373 e. The minimum atomic E-state index is -0.743. The first-order valence-electron chi connectivity index (χ1n) is 5.21. The Morgan fingerprint density at radius 2 is 2.13 bits per heavy atom. The van der Waals surface area contributed by atoms with E-state index in [-0.39, 0.29) is 11.8 Å². The Morgan fingerprint density at radius 1 is 1.40 bits per heavy atom. The van der Waals surface area contributed by atoms with Crippen molar-refractivity contribution in [2.24, 2.45) is 0 Å². The second-order valence-corrected chi connectivity index (χ2v) is 4.01. The van der Waals surface area contributed by atoms with E-state index in [2.05, 4.69) is 5.32 Å². The third-order valence-corrected chi connectivity index (χ3v) is 2.96. The molecule has 2 atom stereocenters. The highest BCUT2D eigenvalue weighted by atomic mass is 16.3. The molecule has 1 amide bonds. The number of carbonyl (C=O) groups is 1. The summed E-state index contributed by atoms with van der Waals surface area (Å²) in [4.78, 5) is 11.1. The second-order valence-electron chi connectivity index (χ2n) is 4.01. The molecule has 1 aromatic rings. The molecule has 2 unspecified atom stereocenters. The molecular formula is C12H15NO2. The number of carbonyl (C=O) groups excluding carboxylic acids is 1. The average Bonchev–Trinajstić information content (AvgIpc) is 2.20. The van der Waals surface area contributed by atoms with Crippen molar-refractivity contribution < 1.29 is 9.90 Å². The van der Waals surface area contributed by atoms with Crippen molar-refractivity contribution in [1.82, 2.24) is 5.32 Å². The number of aliphatic hydroxyl groups excluding tert-OH is 1. The molecule has 0 bridgehead atoms. The maximum atomic E-state index is 11.1. The molecule has 80 valence electrons. The van der Waals surface area contributed by atoms with Gasteiger partial charge in [0.25, 0.3) is 0 Å². The Bertz CT molecular complexity index is 376. The summed E-state index contributed by atoms with van der Waals surface area (Å²) in [5.74, 6) is -0.0313. The van der Waals surface area contributed by atoms with Crippen LogP contribution < -0.4 is 5.32 Å². The van der Waals surface area contributed by atoms with Crippen LogP contribution in [0.15, 0.2) is 24.3 Å². The molecule has 0 radical (unpaired) electrons. The fourth-order valence-corrected chi connectivity index (χ4v) is 2.11. The molecule has 0 aromatic heterocycles. The standard InChI is InChI=1S/C12H15NO2/c1-8-4-2-3-5-9(8)10-6-7-11(14)13-12(10)15/h2-5,10,12,15H,6-7H2,1H3,(H,13,14). The molecule has 1 heterocycles. The van der Waals surface area contributed by atoms with E-state index in [4.69, 9.17) is 0 Å². The molecule has 15 heavy (non-hydrogen) atoms. The predicted octanol–water partition coefficient (Wildman–Crippen LogP) is 1.31. The van der Waals surface area contributed by atoms with Crippen molar-refractivity contribution >= 4 is 5.91 Å². The molecule has 0 spiro atoms. The van der Waals surface area contributed by atoms with Crippen molar-refractivity contribution in [2.45, 2.75) is 31.9 Å². The number of aliphatic hydroxyl groups is 1. The van der Waals surface area contributed by atoms with Crippen molar-refractivity contribution in [1.29, 1.82) is 0 Å². The first-order valence-corrected chi connectivity index (χ1v) is 5.21. The van der Waals surface area contributed by atoms with Gasteiger partial charge in [-0.2, -0.15) is 0 Å². The van der Waals surface area contributed by atoms with Gasteiger partial charge < -0.3 is 10.4 Å². The molecular weight excluding hydrogens is 190 g/mol. The number of rotatable bonds is 1. The zero-order valence-corrected chi connectivity index (χ0v) is 8.73. The summed E-state index contributed by atoms with van der Waals surface area (Å²) in [7, 11) is 0. The van der Waals surface area contributed by atoms with Crippen LogP contribution in [0.5, 0.6) is 0 Å². The average molecular weight is 205 g/mol. The fourth-order valence-electron chi connectivity index (χ4n) is 2.11. The lowest BCUT2D eigenvalue weighted by atomic mass is 9.87. The second kappa shape index (κ2) is 4.03. The first-order chi connectivity index (χ1) is 7.18. The lowest BCUT2D eigenvalue weighted by Crippen LogP contribution is -2.43. The van der Waals surface area contributed by atoms with Gasteiger partial charge in [0.1, 0.15) is 6.23 Å². The molecule has 3 heteroatoms. The Morgan fingerprint density at radius 3 is 2.80 bits per heavy atom. The van der Waals surface area contributed by atoms with E-state index in [1.807, 2.05) is 31.2 Å². The van der Waals surface area contributed by atoms with E-state index in [0.717, 1.165) is 17.5 Å². The SMILES string of the molecule is Cc1ccccc1C1CCC(=O)NC1O. The minimum absolute atomic E-state index is 0.0314. The van der Waals surface area contributed by atoms with Crippen molar-refractivity contribution in [3.05, 3.63) is 35.4 Å². The third kappa shape index (κ3) is 2.02. The van der Waals surface area contributed by atoms with Crippen molar-refractivity contribution in [3.63, 3.8) is 0 Å². The van der Waals surface area contributed by atoms with E-state index in [1.54, 1.807) is 0 Å². The maximum absolute atomic E-state index is 11.1. The summed E-state index contributed by atoms with van der Waals surface area (Å²) in [6.07, 6.45) is 0.473. The molecule has 0 aliphatic carbocycles. The van der Waals surface area contributed by atoms with E-state index in [1.165, 1.54) is 0 Å². The highest BCUT2D eigenvalue weighted by molar-refractivity contribution is 5.77. The lowest BCUT2D eigenvalue weighted by molar-refractivity contribution is -0.127. The molecule has 1 aromatic carbocycles. The monoisotopic (exact) mass is 205 g/mol. The lowest BCUT2D eigenvalue weighted by Gasteiger charge is -2.29. The molecule has 2 N–H and O–H groups in total. The van der Waals surface area contributed by atoms with Crippen LogP contribution in [0.1, 0.15) is 29.9 Å². The zero-order valence-electron chi connectivity index (χ0n) is 8.73. The highest BCUT2D eigenvalue weighted by Crippen LogP contribution is 2.29. The van der Waals surface area contributed by atoms with Gasteiger partial charge in [-0.1, -0.05) is 24.3 Å². The van der Waals surface area contributed by atoms with Crippen LogP contribution in [0.25, 0.3) is 0 Å².